The number of nitrogens with zero attached hydrogens (tertiary/aromatic N) is 1. The van der Waals surface area contributed by atoms with E-state index in [-0.39, 0.29) is 29.7 Å². The summed E-state index contributed by atoms with van der Waals surface area (Å²) in [5, 5.41) is 8.92. The average molecular weight is 315 g/mol. The Labute approximate surface area is 125 Å². The van der Waals surface area contributed by atoms with Gasteiger partial charge in [-0.15, -0.1) is 0 Å². The lowest BCUT2D eigenvalue weighted by molar-refractivity contribution is 0.0596. The molecule has 1 aromatic rings. The zero-order valence-electron chi connectivity index (χ0n) is 12.4. The van der Waals surface area contributed by atoms with Crippen LogP contribution in [0.4, 0.5) is 0 Å². The van der Waals surface area contributed by atoms with E-state index >= 15 is 0 Å². The van der Waals surface area contributed by atoms with Crippen LogP contribution in [0.15, 0.2) is 29.2 Å². The first kappa shape index (κ1) is 17.6. The van der Waals surface area contributed by atoms with Gasteiger partial charge in [0.05, 0.1) is 17.6 Å². The molecular weight excluding hydrogens is 294 g/mol. The molecule has 0 saturated heterocycles. The standard InChI is InChI=1S/C14H21NO5S/c1-11(2)15(9-6-10-16)21(18,19)13-8-5-4-7-12(13)14(17)20-3/h4-5,7-8,11,16H,6,9-10H2,1-3H3. The van der Waals surface area contributed by atoms with Crippen molar-refractivity contribution in [1.82, 2.24) is 4.31 Å². The summed E-state index contributed by atoms with van der Waals surface area (Å²) in [7, 11) is -2.63. The molecule has 0 spiro atoms. The second kappa shape index (κ2) is 7.53. The molecule has 0 aliphatic carbocycles. The van der Waals surface area contributed by atoms with Crippen LogP contribution < -0.4 is 0 Å². The van der Waals surface area contributed by atoms with Crippen molar-refractivity contribution >= 4 is 16.0 Å². The quantitative estimate of drug-likeness (QED) is 0.766. The second-order valence-corrected chi connectivity index (χ2v) is 6.63. The first-order valence-corrected chi connectivity index (χ1v) is 8.10. The highest BCUT2D eigenvalue weighted by Gasteiger charge is 2.30. The molecule has 118 valence electrons. The normalized spacial score (nSPS) is 11.9. The minimum absolute atomic E-state index is 0.00893. The number of hydrogen-bond donors (Lipinski definition) is 1. The predicted octanol–water partition coefficient (Wildman–Crippen LogP) is 1.25. The number of methoxy groups -OCH3 is 1. The van der Waals surface area contributed by atoms with E-state index in [1.54, 1.807) is 26.0 Å². The van der Waals surface area contributed by atoms with E-state index in [0.717, 1.165) is 0 Å². The van der Waals surface area contributed by atoms with Gasteiger partial charge >= 0.3 is 5.97 Å². The minimum atomic E-state index is -3.84. The van der Waals surface area contributed by atoms with Gasteiger partial charge in [-0.25, -0.2) is 13.2 Å². The van der Waals surface area contributed by atoms with Crippen LogP contribution in [0.5, 0.6) is 0 Å². The maximum Gasteiger partial charge on any atom is 0.339 e. The van der Waals surface area contributed by atoms with Crippen molar-refractivity contribution in [1.29, 1.82) is 0 Å². The van der Waals surface area contributed by atoms with Crippen LogP contribution in [0.2, 0.25) is 0 Å². The topological polar surface area (TPSA) is 83.9 Å². The molecule has 0 radical (unpaired) electrons. The summed E-state index contributed by atoms with van der Waals surface area (Å²) in [5.74, 6) is -0.694. The number of rotatable bonds is 7. The molecule has 0 bridgehead atoms. The van der Waals surface area contributed by atoms with Gasteiger partial charge in [-0.2, -0.15) is 4.31 Å². The summed E-state index contributed by atoms with van der Waals surface area (Å²) >= 11 is 0. The predicted molar refractivity (Wildman–Crippen MR) is 78.5 cm³/mol. The number of aliphatic hydroxyl groups excluding tert-OH is 1. The molecule has 0 amide bonds. The van der Waals surface area contributed by atoms with Gasteiger partial charge in [-0.05, 0) is 32.4 Å². The first-order chi connectivity index (χ1) is 9.86. The molecule has 0 saturated carbocycles. The van der Waals surface area contributed by atoms with Gasteiger partial charge in [0.25, 0.3) is 0 Å². The molecule has 0 aliphatic heterocycles. The Hall–Kier alpha value is -1.44. The molecule has 0 unspecified atom stereocenters. The van der Waals surface area contributed by atoms with Crippen molar-refractivity contribution in [3.8, 4) is 0 Å². The number of carbonyl (C=O) groups is 1. The van der Waals surface area contributed by atoms with E-state index in [1.807, 2.05) is 0 Å². The molecule has 1 rings (SSSR count). The lowest BCUT2D eigenvalue weighted by Crippen LogP contribution is -2.38. The van der Waals surface area contributed by atoms with E-state index in [9.17, 15) is 13.2 Å². The van der Waals surface area contributed by atoms with Crippen molar-refractivity contribution in [2.24, 2.45) is 0 Å². The average Bonchev–Trinajstić information content (AvgIpc) is 2.46. The Balaban J connectivity index is 3.31. The number of aliphatic hydroxyl groups is 1. The third-order valence-corrected chi connectivity index (χ3v) is 5.13. The van der Waals surface area contributed by atoms with E-state index in [0.29, 0.717) is 6.42 Å². The van der Waals surface area contributed by atoms with Gasteiger partial charge in [-0.3, -0.25) is 0 Å². The van der Waals surface area contributed by atoms with Crippen LogP contribution >= 0.6 is 0 Å². The largest absolute Gasteiger partial charge is 0.465 e. The van der Waals surface area contributed by atoms with Crippen LogP contribution in [0.1, 0.15) is 30.6 Å². The number of benzene rings is 1. The lowest BCUT2D eigenvalue weighted by Gasteiger charge is -2.26. The van der Waals surface area contributed by atoms with E-state index in [1.165, 1.54) is 23.5 Å². The Morgan fingerprint density at radius 2 is 1.95 bits per heavy atom. The zero-order valence-corrected chi connectivity index (χ0v) is 13.3. The minimum Gasteiger partial charge on any atom is -0.465 e. The van der Waals surface area contributed by atoms with Crippen molar-refractivity contribution in [3.63, 3.8) is 0 Å². The summed E-state index contributed by atoms with van der Waals surface area (Å²) in [4.78, 5) is 11.7. The molecule has 0 aliphatic rings. The maximum absolute atomic E-state index is 12.8. The lowest BCUT2D eigenvalue weighted by atomic mass is 10.2. The zero-order chi connectivity index (χ0) is 16.0. The van der Waals surface area contributed by atoms with Crippen LogP contribution in [-0.2, 0) is 14.8 Å². The molecule has 21 heavy (non-hydrogen) atoms. The fourth-order valence-electron chi connectivity index (χ4n) is 1.98. The molecule has 1 aromatic carbocycles. The monoisotopic (exact) mass is 315 g/mol. The third kappa shape index (κ3) is 4.03. The number of hydrogen-bond acceptors (Lipinski definition) is 5. The summed E-state index contributed by atoms with van der Waals surface area (Å²) in [6.07, 6.45) is 0.331. The summed E-state index contributed by atoms with van der Waals surface area (Å²) < 4.78 is 31.4. The van der Waals surface area contributed by atoms with Crippen LogP contribution in [0.3, 0.4) is 0 Å². The van der Waals surface area contributed by atoms with Gasteiger partial charge in [0.2, 0.25) is 10.0 Å². The van der Waals surface area contributed by atoms with Crippen LogP contribution in [0.25, 0.3) is 0 Å². The van der Waals surface area contributed by atoms with Crippen molar-refractivity contribution < 1.29 is 23.1 Å². The Kier molecular flexibility index (Phi) is 6.32. The molecular formula is C14H21NO5S. The van der Waals surface area contributed by atoms with Gasteiger partial charge in [0.15, 0.2) is 0 Å². The van der Waals surface area contributed by atoms with E-state index < -0.39 is 16.0 Å². The SMILES string of the molecule is COC(=O)c1ccccc1S(=O)(=O)N(CCCO)C(C)C. The van der Waals surface area contributed by atoms with Crippen molar-refractivity contribution in [2.45, 2.75) is 31.2 Å². The number of sulfonamides is 1. The van der Waals surface area contributed by atoms with Gasteiger partial charge in [0, 0.05) is 19.2 Å². The summed E-state index contributed by atoms with van der Waals surface area (Å²) in [6, 6.07) is 5.66. The molecule has 0 aromatic heterocycles. The molecule has 1 N–H and O–H groups in total. The molecule has 0 fully saturated rings. The third-order valence-electron chi connectivity index (χ3n) is 2.99. The second-order valence-electron chi connectivity index (χ2n) is 4.77. The Bertz CT molecular complexity index is 583. The van der Waals surface area contributed by atoms with Gasteiger partial charge in [-0.1, -0.05) is 12.1 Å². The fourth-order valence-corrected chi connectivity index (χ4v) is 3.84. The summed E-state index contributed by atoms with van der Waals surface area (Å²) in [6.45, 7) is 3.58. The highest BCUT2D eigenvalue weighted by Crippen LogP contribution is 2.23. The van der Waals surface area contributed by atoms with E-state index in [4.69, 9.17) is 5.11 Å². The highest BCUT2D eigenvalue weighted by atomic mass is 32.2. The molecule has 0 atom stereocenters. The fraction of sp³-hybridized carbons (Fsp3) is 0.500. The smallest absolute Gasteiger partial charge is 0.339 e. The maximum atomic E-state index is 12.8. The highest BCUT2D eigenvalue weighted by molar-refractivity contribution is 7.89. The van der Waals surface area contributed by atoms with E-state index in [2.05, 4.69) is 4.74 Å². The van der Waals surface area contributed by atoms with Gasteiger partial charge in [0.1, 0.15) is 0 Å². The summed E-state index contributed by atoms with van der Waals surface area (Å²) in [5.41, 5.74) is 0.00893. The number of carbonyl (C=O) groups excluding carboxylic acids is 1. The molecule has 0 heterocycles. The Morgan fingerprint density at radius 3 is 2.48 bits per heavy atom. The van der Waals surface area contributed by atoms with Crippen LogP contribution in [-0.4, -0.2) is 50.1 Å². The number of esters is 1. The van der Waals surface area contributed by atoms with Crippen LogP contribution in [0, 0.1) is 0 Å². The number of ether oxygens (including phenoxy) is 1. The molecule has 7 heteroatoms. The first-order valence-electron chi connectivity index (χ1n) is 6.66. The van der Waals surface area contributed by atoms with Crippen molar-refractivity contribution in [3.05, 3.63) is 29.8 Å². The van der Waals surface area contributed by atoms with Crippen molar-refractivity contribution in [2.75, 3.05) is 20.3 Å². The van der Waals surface area contributed by atoms with Gasteiger partial charge < -0.3 is 9.84 Å². The Morgan fingerprint density at radius 1 is 1.33 bits per heavy atom. The molecule has 6 nitrogen and oxygen atoms in total.